The van der Waals surface area contributed by atoms with E-state index in [1.807, 2.05) is 52.1 Å². The molecule has 1 atom stereocenters. The fourth-order valence-electron chi connectivity index (χ4n) is 2.43. The van der Waals surface area contributed by atoms with Crippen LogP contribution in [0.25, 0.3) is 10.9 Å². The number of nitrogens with one attached hydrogen (secondary N) is 2. The van der Waals surface area contributed by atoms with Crippen molar-refractivity contribution in [3.8, 4) is 0 Å². The number of aromatic amines is 1. The third kappa shape index (κ3) is 3.60. The molecular formula is C17H25N3O2. The first-order chi connectivity index (χ1) is 10.2. The van der Waals surface area contributed by atoms with Gasteiger partial charge in [0.25, 0.3) is 0 Å². The third-order valence-electron chi connectivity index (χ3n) is 3.71. The lowest BCUT2D eigenvalue weighted by molar-refractivity contribution is 0.0516. The first kappa shape index (κ1) is 16.4. The molecule has 0 spiro atoms. The Balaban J connectivity index is 2.17. The van der Waals surface area contributed by atoms with Gasteiger partial charge in [-0.3, -0.25) is 0 Å². The number of nitrogens with two attached hydrogens (primary N) is 1. The molecule has 4 N–H and O–H groups in total. The van der Waals surface area contributed by atoms with Crippen LogP contribution < -0.4 is 11.1 Å². The van der Waals surface area contributed by atoms with Crippen LogP contribution in [0.1, 0.15) is 33.3 Å². The summed E-state index contributed by atoms with van der Waals surface area (Å²) in [6, 6.07) is 8.07. The molecule has 0 bridgehead atoms. The Labute approximate surface area is 131 Å². The summed E-state index contributed by atoms with van der Waals surface area (Å²) in [4.78, 5) is 15.1. The molecule has 1 heterocycles. The van der Waals surface area contributed by atoms with E-state index < -0.39 is 11.7 Å². The molecule has 5 heteroatoms. The number of fused-ring (bicyclic) bond motifs is 1. The maximum atomic E-state index is 11.9. The number of carbonyl (C=O) groups excluding carboxylic acids is 1. The van der Waals surface area contributed by atoms with Gasteiger partial charge in [0.05, 0.1) is 0 Å². The van der Waals surface area contributed by atoms with E-state index in [0.29, 0.717) is 13.1 Å². The number of hydrogen-bond donors (Lipinski definition) is 3. The van der Waals surface area contributed by atoms with Gasteiger partial charge in [-0.25, -0.2) is 4.79 Å². The number of para-hydroxylation sites is 1. The van der Waals surface area contributed by atoms with E-state index in [1.165, 1.54) is 0 Å². The van der Waals surface area contributed by atoms with Crippen molar-refractivity contribution in [2.45, 2.75) is 38.7 Å². The van der Waals surface area contributed by atoms with Crippen LogP contribution >= 0.6 is 0 Å². The standard InChI is InChI=1S/C17H25N3O2/c1-16(2,3)22-15(21)20-11-17(4,10-18)13-9-19-14-8-6-5-7-12(13)14/h5-9,19H,10-11,18H2,1-4H3,(H,20,21). The number of H-pyrrole nitrogens is 1. The molecule has 1 aromatic carbocycles. The molecule has 120 valence electrons. The summed E-state index contributed by atoms with van der Waals surface area (Å²) in [7, 11) is 0. The highest BCUT2D eigenvalue weighted by Crippen LogP contribution is 2.29. The monoisotopic (exact) mass is 303 g/mol. The average Bonchev–Trinajstić information content (AvgIpc) is 2.87. The van der Waals surface area contributed by atoms with E-state index in [2.05, 4.69) is 16.4 Å². The molecule has 1 amide bonds. The average molecular weight is 303 g/mol. The topological polar surface area (TPSA) is 80.1 Å². The molecule has 1 unspecified atom stereocenters. The number of hydrogen-bond acceptors (Lipinski definition) is 3. The van der Waals surface area contributed by atoms with Crippen LogP contribution in [0, 0.1) is 0 Å². The van der Waals surface area contributed by atoms with Crippen molar-refractivity contribution in [1.29, 1.82) is 0 Å². The lowest BCUT2D eigenvalue weighted by Crippen LogP contribution is -2.45. The molecule has 0 fully saturated rings. The number of carbonyl (C=O) groups is 1. The molecule has 1 aromatic heterocycles. The van der Waals surface area contributed by atoms with Crippen LogP contribution in [0.2, 0.25) is 0 Å². The Morgan fingerprint density at radius 1 is 1.27 bits per heavy atom. The summed E-state index contributed by atoms with van der Waals surface area (Å²) in [6.45, 7) is 8.40. The first-order valence-electron chi connectivity index (χ1n) is 7.49. The number of alkyl carbamates (subject to hydrolysis) is 1. The van der Waals surface area contributed by atoms with Gasteiger partial charge in [0.15, 0.2) is 0 Å². The van der Waals surface area contributed by atoms with E-state index in [-0.39, 0.29) is 5.41 Å². The molecule has 0 radical (unpaired) electrons. The maximum Gasteiger partial charge on any atom is 0.407 e. The zero-order valence-electron chi connectivity index (χ0n) is 13.7. The van der Waals surface area contributed by atoms with Gasteiger partial charge in [0, 0.05) is 35.6 Å². The van der Waals surface area contributed by atoms with Gasteiger partial charge in [-0.2, -0.15) is 0 Å². The zero-order valence-corrected chi connectivity index (χ0v) is 13.7. The summed E-state index contributed by atoms with van der Waals surface area (Å²) >= 11 is 0. The van der Waals surface area contributed by atoms with Gasteiger partial charge in [-0.15, -0.1) is 0 Å². The quantitative estimate of drug-likeness (QED) is 0.812. The number of benzene rings is 1. The van der Waals surface area contributed by atoms with Crippen molar-refractivity contribution in [2.24, 2.45) is 5.73 Å². The fourth-order valence-corrected chi connectivity index (χ4v) is 2.43. The van der Waals surface area contributed by atoms with Gasteiger partial charge < -0.3 is 20.8 Å². The Kier molecular flexibility index (Phi) is 4.47. The highest BCUT2D eigenvalue weighted by molar-refractivity contribution is 5.84. The number of ether oxygens (including phenoxy) is 1. The minimum Gasteiger partial charge on any atom is -0.444 e. The van der Waals surface area contributed by atoms with Crippen molar-refractivity contribution < 1.29 is 9.53 Å². The maximum absolute atomic E-state index is 11.9. The van der Waals surface area contributed by atoms with Gasteiger partial charge in [-0.05, 0) is 32.4 Å². The number of aromatic nitrogens is 1. The van der Waals surface area contributed by atoms with Crippen LogP contribution in [-0.2, 0) is 10.2 Å². The molecule has 0 aliphatic carbocycles. The summed E-state index contributed by atoms with van der Waals surface area (Å²) < 4.78 is 5.28. The predicted molar refractivity (Wildman–Crippen MR) is 88.9 cm³/mol. The lowest BCUT2D eigenvalue weighted by Gasteiger charge is -2.29. The first-order valence-corrected chi connectivity index (χ1v) is 7.49. The molecular weight excluding hydrogens is 278 g/mol. The predicted octanol–water partition coefficient (Wildman–Crippen LogP) is 2.91. The third-order valence-corrected chi connectivity index (χ3v) is 3.71. The van der Waals surface area contributed by atoms with Gasteiger partial charge in [-0.1, -0.05) is 25.1 Å². The molecule has 0 saturated carbocycles. The molecule has 5 nitrogen and oxygen atoms in total. The zero-order chi connectivity index (χ0) is 16.4. The Bertz CT molecular complexity index is 657. The summed E-state index contributed by atoms with van der Waals surface area (Å²) in [5.74, 6) is 0. The summed E-state index contributed by atoms with van der Waals surface area (Å²) in [5.41, 5.74) is 7.29. The van der Waals surface area contributed by atoms with E-state index in [9.17, 15) is 4.79 Å². The highest BCUT2D eigenvalue weighted by Gasteiger charge is 2.29. The molecule has 0 aliphatic rings. The normalized spacial score (nSPS) is 14.6. The van der Waals surface area contributed by atoms with Crippen molar-refractivity contribution in [3.63, 3.8) is 0 Å². The molecule has 0 aliphatic heterocycles. The Morgan fingerprint density at radius 2 is 1.95 bits per heavy atom. The summed E-state index contributed by atoms with van der Waals surface area (Å²) in [6.07, 6.45) is 1.54. The SMILES string of the molecule is CC(C)(C)OC(=O)NCC(C)(CN)c1c[nH]c2ccccc12. The second-order valence-electron chi connectivity index (χ2n) is 6.87. The Hall–Kier alpha value is -2.01. The van der Waals surface area contributed by atoms with E-state index >= 15 is 0 Å². The summed E-state index contributed by atoms with van der Waals surface area (Å²) in [5, 5.41) is 3.95. The van der Waals surface area contributed by atoms with E-state index in [0.717, 1.165) is 16.5 Å². The second-order valence-corrected chi connectivity index (χ2v) is 6.87. The minimum absolute atomic E-state index is 0.365. The molecule has 2 aromatic rings. The van der Waals surface area contributed by atoms with Gasteiger partial charge >= 0.3 is 6.09 Å². The van der Waals surface area contributed by atoms with Crippen LogP contribution in [0.3, 0.4) is 0 Å². The van der Waals surface area contributed by atoms with E-state index in [1.54, 1.807) is 0 Å². The smallest absolute Gasteiger partial charge is 0.407 e. The second kappa shape index (κ2) is 6.01. The Morgan fingerprint density at radius 3 is 2.59 bits per heavy atom. The van der Waals surface area contributed by atoms with Crippen molar-refractivity contribution in [2.75, 3.05) is 13.1 Å². The minimum atomic E-state index is -0.510. The lowest BCUT2D eigenvalue weighted by atomic mass is 9.82. The molecule has 22 heavy (non-hydrogen) atoms. The number of rotatable bonds is 4. The molecule has 0 saturated heterocycles. The van der Waals surface area contributed by atoms with Gasteiger partial charge in [0.2, 0.25) is 0 Å². The van der Waals surface area contributed by atoms with Crippen molar-refractivity contribution in [3.05, 3.63) is 36.0 Å². The fraction of sp³-hybridized carbons (Fsp3) is 0.471. The van der Waals surface area contributed by atoms with E-state index in [4.69, 9.17) is 10.5 Å². The number of amides is 1. The van der Waals surface area contributed by atoms with Crippen LogP contribution in [0.5, 0.6) is 0 Å². The van der Waals surface area contributed by atoms with Crippen molar-refractivity contribution in [1.82, 2.24) is 10.3 Å². The van der Waals surface area contributed by atoms with Crippen LogP contribution in [-0.4, -0.2) is 29.8 Å². The largest absolute Gasteiger partial charge is 0.444 e. The van der Waals surface area contributed by atoms with Crippen molar-refractivity contribution >= 4 is 17.0 Å². The molecule has 2 rings (SSSR count). The highest BCUT2D eigenvalue weighted by atomic mass is 16.6. The van der Waals surface area contributed by atoms with Gasteiger partial charge in [0.1, 0.15) is 5.60 Å². The van der Waals surface area contributed by atoms with Crippen LogP contribution in [0.15, 0.2) is 30.5 Å². The van der Waals surface area contributed by atoms with Crippen LogP contribution in [0.4, 0.5) is 4.79 Å².